The zero-order chi connectivity index (χ0) is 43.8. The van der Waals surface area contributed by atoms with Crippen molar-refractivity contribution in [3.63, 3.8) is 0 Å². The molecule has 0 bridgehead atoms. The Morgan fingerprint density at radius 1 is 0.772 bits per heavy atom. The summed E-state index contributed by atoms with van der Waals surface area (Å²) in [5.41, 5.74) is 3.47. The van der Waals surface area contributed by atoms with Gasteiger partial charge in [0.1, 0.15) is 0 Å². The molecule has 0 N–H and O–H groups in total. The third-order valence-electron chi connectivity index (χ3n) is 6.98. The minimum Gasteiger partial charge on any atom is -0.476 e. The van der Waals surface area contributed by atoms with Crippen LogP contribution in [0.4, 0.5) is 8.78 Å². The molecule has 2 aliphatic rings. The first kappa shape index (κ1) is 54.1. The summed E-state index contributed by atoms with van der Waals surface area (Å²) in [5.74, 6) is 5.48. The first-order valence-electron chi connectivity index (χ1n) is 19.7. The Balaban J connectivity index is 0. The van der Waals surface area contributed by atoms with Gasteiger partial charge in [0, 0.05) is 12.6 Å². The van der Waals surface area contributed by atoms with Crippen LogP contribution in [0.2, 0.25) is 0 Å². The van der Waals surface area contributed by atoms with E-state index < -0.39 is 11.8 Å². The number of ether oxygens (including phenoxy) is 4. The molecule has 0 aromatic carbocycles. The number of allylic oxidation sites excluding steroid dienone is 1. The van der Waals surface area contributed by atoms with Crippen molar-refractivity contribution in [2.45, 2.75) is 128 Å². The van der Waals surface area contributed by atoms with Gasteiger partial charge in [0.05, 0.1) is 79.5 Å². The second-order valence-electron chi connectivity index (χ2n) is 12.5. The second kappa shape index (κ2) is 32.1. The molecule has 57 heavy (non-hydrogen) atoms. The van der Waals surface area contributed by atoms with E-state index in [0.717, 1.165) is 35.2 Å². The Morgan fingerprint density at radius 2 is 1.19 bits per heavy atom. The maximum absolute atomic E-state index is 12.4. The van der Waals surface area contributed by atoms with Crippen molar-refractivity contribution in [1.29, 1.82) is 0 Å². The molecule has 0 aliphatic heterocycles. The van der Waals surface area contributed by atoms with E-state index >= 15 is 0 Å². The molecule has 13 heteroatoms. The molecule has 2 fully saturated rings. The number of rotatable bonds is 13. The van der Waals surface area contributed by atoms with Crippen molar-refractivity contribution >= 4 is 6.21 Å². The standard InChI is InChI=1S/C11H19NO.C9H10F2N2O.C9H12N2O.C9H10N2O.3C2H6/c1-8(2)7-12-11(6)13-10(5)9(3)4;1-6-3-13-8(4-12-6)14-5-7-2-9(7,10)11;1-7-4-11-9(5-10-7)12-6-8-2-3-8;1-3-4-5-12-9-7-10-8(2)6-11-9;3*1-2/h7,9-10H,1,6H2,2-5H3;3-4,7H,2,5H2,1H3;4-5,8H,2-3,6H2,1H3;6-7H,5H2,1-2H3;3*1-2H3/b12-7-;;;;;;/t10-;;;;;;/m0....../s1. The molecule has 2 aliphatic carbocycles. The van der Waals surface area contributed by atoms with Crippen LogP contribution >= 0.6 is 0 Å². The van der Waals surface area contributed by atoms with Gasteiger partial charge in [-0.3, -0.25) is 15.0 Å². The van der Waals surface area contributed by atoms with E-state index in [4.69, 9.17) is 18.9 Å². The van der Waals surface area contributed by atoms with Crippen molar-refractivity contribution in [2.75, 3.05) is 19.8 Å². The third-order valence-corrected chi connectivity index (χ3v) is 6.98. The molecule has 5 rings (SSSR count). The average molecular weight is 798 g/mol. The first-order chi connectivity index (χ1) is 27.2. The Morgan fingerprint density at radius 3 is 1.53 bits per heavy atom. The van der Waals surface area contributed by atoms with Crippen molar-refractivity contribution < 1.29 is 27.7 Å². The fourth-order valence-corrected chi connectivity index (χ4v) is 3.24. The molecule has 2 saturated carbocycles. The minimum atomic E-state index is -2.53. The highest BCUT2D eigenvalue weighted by atomic mass is 19.3. The van der Waals surface area contributed by atoms with Crippen LogP contribution in [0.25, 0.3) is 0 Å². The van der Waals surface area contributed by atoms with Crippen LogP contribution in [0.3, 0.4) is 0 Å². The predicted molar refractivity (Wildman–Crippen MR) is 228 cm³/mol. The van der Waals surface area contributed by atoms with Crippen LogP contribution in [0.5, 0.6) is 17.6 Å². The predicted octanol–water partition coefficient (Wildman–Crippen LogP) is 10.8. The van der Waals surface area contributed by atoms with Gasteiger partial charge in [0.2, 0.25) is 23.5 Å². The first-order valence-corrected chi connectivity index (χ1v) is 19.7. The van der Waals surface area contributed by atoms with E-state index in [2.05, 4.69) is 73.7 Å². The van der Waals surface area contributed by atoms with E-state index in [1.54, 1.807) is 51.0 Å². The van der Waals surface area contributed by atoms with Crippen molar-refractivity contribution in [2.24, 2.45) is 22.7 Å². The summed E-state index contributed by atoms with van der Waals surface area (Å²) in [5, 5.41) is 0. The van der Waals surface area contributed by atoms with Gasteiger partial charge >= 0.3 is 0 Å². The topological polar surface area (TPSA) is 127 Å². The average Bonchev–Trinajstić information content (AvgIpc) is 4.15. The molecule has 0 amide bonds. The lowest BCUT2D eigenvalue weighted by molar-refractivity contribution is 0.0848. The monoisotopic (exact) mass is 798 g/mol. The molecule has 0 spiro atoms. The van der Waals surface area contributed by atoms with Crippen LogP contribution in [-0.4, -0.2) is 68.0 Å². The van der Waals surface area contributed by atoms with Gasteiger partial charge in [-0.2, -0.15) is 0 Å². The van der Waals surface area contributed by atoms with Crippen molar-refractivity contribution in [3.8, 4) is 29.5 Å². The van der Waals surface area contributed by atoms with Gasteiger partial charge in [-0.1, -0.05) is 67.9 Å². The summed E-state index contributed by atoms with van der Waals surface area (Å²) in [6, 6.07) is 0. The quantitative estimate of drug-likeness (QED) is 0.0937. The van der Waals surface area contributed by atoms with E-state index in [0.29, 0.717) is 36.0 Å². The SMILES string of the molecule is C=C(C)/C=N\C(=C)O[C@@H](C)C(C)C.CC.CC.CC.CC#CCOc1cnc(C)cn1.Cc1cnc(OCC2CC2(F)F)cn1.Cc1cnc(OCC2CC2)cn1. The zero-order valence-corrected chi connectivity index (χ0v) is 37.0. The van der Waals surface area contributed by atoms with Gasteiger partial charge in [-0.05, 0) is 78.4 Å². The third kappa shape index (κ3) is 29.0. The summed E-state index contributed by atoms with van der Waals surface area (Å²) in [4.78, 5) is 28.0. The molecule has 0 saturated heterocycles. The highest BCUT2D eigenvalue weighted by Gasteiger charge is 2.57. The van der Waals surface area contributed by atoms with Crippen LogP contribution in [0.15, 0.2) is 66.8 Å². The lowest BCUT2D eigenvalue weighted by Gasteiger charge is -2.16. The summed E-state index contributed by atoms with van der Waals surface area (Å²) < 4.78 is 46.0. The number of aromatic nitrogens is 6. The summed E-state index contributed by atoms with van der Waals surface area (Å²) in [6.07, 6.45) is 14.0. The Hall–Kier alpha value is -4.99. The fraction of sp³-hybridized carbons (Fsp3) is 0.568. The zero-order valence-electron chi connectivity index (χ0n) is 37.0. The van der Waals surface area contributed by atoms with Gasteiger partial charge in [0.25, 0.3) is 5.92 Å². The lowest BCUT2D eigenvalue weighted by atomic mass is 10.1. The maximum atomic E-state index is 12.4. The number of hydrogen-bond acceptors (Lipinski definition) is 11. The Labute approximate surface area is 342 Å². The minimum absolute atomic E-state index is 0.0186. The van der Waals surface area contributed by atoms with E-state index in [9.17, 15) is 8.78 Å². The van der Waals surface area contributed by atoms with Crippen LogP contribution < -0.4 is 14.2 Å². The highest BCUT2D eigenvalue weighted by Crippen LogP contribution is 2.48. The highest BCUT2D eigenvalue weighted by molar-refractivity contribution is 5.77. The normalized spacial score (nSPS) is 14.2. The van der Waals surface area contributed by atoms with Gasteiger partial charge in [0.15, 0.2) is 6.61 Å². The van der Waals surface area contributed by atoms with E-state index in [-0.39, 0.29) is 19.1 Å². The van der Waals surface area contributed by atoms with Gasteiger partial charge in [-0.25, -0.2) is 28.7 Å². The van der Waals surface area contributed by atoms with E-state index in [1.165, 1.54) is 19.0 Å². The second-order valence-corrected chi connectivity index (χ2v) is 12.5. The van der Waals surface area contributed by atoms with Gasteiger partial charge < -0.3 is 18.9 Å². The number of nitrogens with zero attached hydrogens (tertiary/aromatic N) is 7. The van der Waals surface area contributed by atoms with Crippen LogP contribution in [-0.2, 0) is 4.74 Å². The Bertz CT molecular complexity index is 1570. The molecule has 3 aromatic heterocycles. The largest absolute Gasteiger partial charge is 0.476 e. The summed E-state index contributed by atoms with van der Waals surface area (Å²) in [6.45, 7) is 36.0. The number of alkyl halides is 2. The van der Waals surface area contributed by atoms with Gasteiger partial charge in [-0.15, -0.1) is 5.92 Å². The smallest absolute Gasteiger partial charge is 0.255 e. The number of halogens is 2. The molecule has 0 radical (unpaired) electrons. The Kier molecular flexibility index (Phi) is 30.5. The number of aryl methyl sites for hydroxylation is 3. The molecular weight excluding hydrogens is 729 g/mol. The van der Waals surface area contributed by atoms with Crippen molar-refractivity contribution in [3.05, 3.63) is 78.9 Å². The molecule has 2 atom stereocenters. The molecular formula is C44H69F2N7O4. The summed E-state index contributed by atoms with van der Waals surface area (Å²) >= 11 is 0. The number of aliphatic imine (C=N–C) groups is 1. The molecule has 3 heterocycles. The maximum Gasteiger partial charge on any atom is 0.255 e. The van der Waals surface area contributed by atoms with Crippen LogP contribution in [0, 0.1) is 50.4 Å². The number of hydrogen-bond donors (Lipinski definition) is 0. The lowest BCUT2D eigenvalue weighted by Crippen LogP contribution is -2.14. The molecule has 1 unspecified atom stereocenters. The fourth-order valence-electron chi connectivity index (χ4n) is 3.24. The van der Waals surface area contributed by atoms with Crippen LogP contribution in [0.1, 0.15) is 113 Å². The molecule has 318 valence electrons. The molecule has 11 nitrogen and oxygen atoms in total. The van der Waals surface area contributed by atoms with Crippen molar-refractivity contribution in [1.82, 2.24) is 29.9 Å². The van der Waals surface area contributed by atoms with E-state index in [1.807, 2.05) is 69.2 Å². The summed E-state index contributed by atoms with van der Waals surface area (Å²) in [7, 11) is 0. The molecule has 3 aromatic rings.